The molecule has 0 fully saturated rings. The van der Waals surface area contributed by atoms with E-state index in [1.807, 2.05) is 18.2 Å². The number of benzene rings is 1. The summed E-state index contributed by atoms with van der Waals surface area (Å²) in [7, 11) is -3.18. The topological polar surface area (TPSA) is 101 Å². The zero-order valence-corrected chi connectivity index (χ0v) is 16.4. The first-order chi connectivity index (χ1) is 12.2. The second kappa shape index (κ2) is 10.3. The smallest absolute Gasteiger partial charge is 0.175 e. The quantitative estimate of drug-likeness (QED) is 0.425. The third-order valence-electron chi connectivity index (χ3n) is 4.13. The summed E-state index contributed by atoms with van der Waals surface area (Å²) in [4.78, 5) is 0.195. The number of nitrogens with two attached hydrogens (primary N) is 1. The van der Waals surface area contributed by atoms with Crippen molar-refractivity contribution in [2.75, 3.05) is 6.26 Å². The van der Waals surface area contributed by atoms with Gasteiger partial charge in [-0.25, -0.2) is 8.42 Å². The van der Waals surface area contributed by atoms with Crippen molar-refractivity contribution in [3.63, 3.8) is 0 Å². The normalized spacial score (nSPS) is 21.6. The molecule has 144 valence electrons. The molecule has 1 aromatic carbocycles. The molecule has 0 amide bonds. The second-order valence-electron chi connectivity index (χ2n) is 6.27. The van der Waals surface area contributed by atoms with E-state index in [2.05, 4.69) is 6.07 Å². The van der Waals surface area contributed by atoms with Crippen molar-refractivity contribution in [2.24, 2.45) is 5.73 Å². The van der Waals surface area contributed by atoms with E-state index in [0.29, 0.717) is 0 Å². The Balaban J connectivity index is 0.000000260. The van der Waals surface area contributed by atoms with E-state index in [-0.39, 0.29) is 22.8 Å². The lowest BCUT2D eigenvalue weighted by atomic mass is 10.0. The molecular weight excluding hydrogens is 350 g/mol. The molecule has 0 unspecified atom stereocenters. The molecule has 2 rings (SSSR count). The monoisotopic (exact) mass is 379 g/mol. The van der Waals surface area contributed by atoms with Gasteiger partial charge in [-0.15, -0.1) is 0 Å². The van der Waals surface area contributed by atoms with Crippen LogP contribution >= 0.6 is 0 Å². The van der Waals surface area contributed by atoms with Crippen LogP contribution < -0.4 is 5.73 Å². The van der Waals surface area contributed by atoms with Crippen molar-refractivity contribution < 1.29 is 18.6 Å². The summed E-state index contributed by atoms with van der Waals surface area (Å²) in [6, 6.07) is 8.24. The molecule has 0 heterocycles. The summed E-state index contributed by atoms with van der Waals surface area (Å²) in [5.74, 6) is 0.0444. The van der Waals surface area contributed by atoms with E-state index in [0.717, 1.165) is 31.1 Å². The van der Waals surface area contributed by atoms with Crippen LogP contribution in [-0.4, -0.2) is 30.9 Å². The van der Waals surface area contributed by atoms with Gasteiger partial charge in [-0.2, -0.15) is 0 Å². The van der Waals surface area contributed by atoms with Crippen molar-refractivity contribution >= 4 is 9.84 Å². The largest absolute Gasteiger partial charge is 0.508 e. The number of allylic oxidation sites excluding steroid dienone is 4. The summed E-state index contributed by atoms with van der Waals surface area (Å²) in [6.07, 6.45) is 9.08. The maximum absolute atomic E-state index is 11.0. The summed E-state index contributed by atoms with van der Waals surface area (Å²) < 4.78 is 22.1. The fourth-order valence-corrected chi connectivity index (χ4v) is 3.40. The fourth-order valence-electron chi connectivity index (χ4n) is 2.65. The van der Waals surface area contributed by atoms with Crippen LogP contribution in [0.25, 0.3) is 0 Å². The number of fused-ring (bicyclic) bond motifs is 1. The highest BCUT2D eigenvalue weighted by atomic mass is 32.2. The first kappa shape index (κ1) is 22.2. The Morgan fingerprint density at radius 2 is 1.81 bits per heavy atom. The molecule has 1 aliphatic rings. The van der Waals surface area contributed by atoms with E-state index in [1.165, 1.54) is 29.9 Å². The van der Waals surface area contributed by atoms with Gasteiger partial charge in [-0.05, 0) is 62.5 Å². The highest BCUT2D eigenvalue weighted by Crippen LogP contribution is 2.27. The van der Waals surface area contributed by atoms with Crippen LogP contribution in [0.1, 0.15) is 43.9 Å². The van der Waals surface area contributed by atoms with Gasteiger partial charge in [-0.3, -0.25) is 0 Å². The van der Waals surface area contributed by atoms with Gasteiger partial charge in [0.15, 0.2) is 9.84 Å². The molecule has 0 saturated heterocycles. The Hall–Kier alpha value is -1.89. The first-order valence-corrected chi connectivity index (χ1v) is 10.5. The van der Waals surface area contributed by atoms with Gasteiger partial charge in [0.05, 0.1) is 11.0 Å². The molecule has 26 heavy (non-hydrogen) atoms. The number of hydrogen-bond acceptors (Lipinski definition) is 5. The van der Waals surface area contributed by atoms with Gasteiger partial charge >= 0.3 is 0 Å². The number of rotatable bonds is 3. The van der Waals surface area contributed by atoms with Crippen LogP contribution in [-0.2, 0) is 16.3 Å². The minimum absolute atomic E-state index is 0.0444. The molecule has 5 nitrogen and oxygen atoms in total. The Morgan fingerprint density at radius 1 is 1.15 bits per heavy atom. The van der Waals surface area contributed by atoms with Gasteiger partial charge in [0.25, 0.3) is 0 Å². The molecule has 0 aromatic heterocycles. The van der Waals surface area contributed by atoms with Crippen LogP contribution in [0.5, 0.6) is 0 Å². The molecule has 1 aliphatic carbocycles. The SMILES string of the molecule is C\C=C(O)/C=C\C(=C/C)S(C)(=O)=O.N[C@@H]1CC[C@H](O)c2ccccc2C1. The van der Waals surface area contributed by atoms with Gasteiger partial charge < -0.3 is 15.9 Å². The van der Waals surface area contributed by atoms with Crippen molar-refractivity contribution in [2.45, 2.75) is 45.3 Å². The van der Waals surface area contributed by atoms with Crippen LogP contribution in [0, 0.1) is 0 Å². The Labute approximate surface area is 156 Å². The highest BCUT2D eigenvalue weighted by molar-refractivity contribution is 7.94. The van der Waals surface area contributed by atoms with Gasteiger partial charge in [0.2, 0.25) is 0 Å². The second-order valence-corrected chi connectivity index (χ2v) is 8.28. The number of sulfone groups is 1. The van der Waals surface area contributed by atoms with E-state index in [9.17, 15) is 13.5 Å². The number of aliphatic hydroxyl groups is 2. The molecule has 4 N–H and O–H groups in total. The molecule has 1 aromatic rings. The zero-order chi connectivity index (χ0) is 19.7. The van der Waals surface area contributed by atoms with Gasteiger partial charge in [-0.1, -0.05) is 30.3 Å². The van der Waals surface area contributed by atoms with E-state index >= 15 is 0 Å². The van der Waals surface area contributed by atoms with Gasteiger partial charge in [0, 0.05) is 12.3 Å². The molecule has 2 atom stereocenters. The lowest BCUT2D eigenvalue weighted by molar-refractivity contribution is 0.165. The minimum Gasteiger partial charge on any atom is -0.508 e. The minimum atomic E-state index is -3.18. The molecule has 0 aliphatic heterocycles. The standard InChI is InChI=1S/C11H15NO.C9H14O3S/c12-9-5-6-11(13)10-4-2-1-3-8(10)7-9;1-4-8(10)6-7-9(5-2)13(3,11)12/h1-4,9,11,13H,5-7,12H2;4-7,10H,1-3H3/b;7-6-,8-4+,9-5+/t9-,11+;/m1./s1. The molecule has 0 radical (unpaired) electrons. The summed E-state index contributed by atoms with van der Waals surface area (Å²) in [5.41, 5.74) is 8.17. The first-order valence-electron chi connectivity index (χ1n) is 8.60. The van der Waals surface area contributed by atoms with Gasteiger partial charge in [0.1, 0.15) is 5.76 Å². The van der Waals surface area contributed by atoms with Crippen molar-refractivity contribution in [1.29, 1.82) is 0 Å². The molecule has 0 spiro atoms. The van der Waals surface area contributed by atoms with Crippen molar-refractivity contribution in [3.8, 4) is 0 Å². The average molecular weight is 380 g/mol. The van der Waals surface area contributed by atoms with E-state index < -0.39 is 9.84 Å². The average Bonchev–Trinajstić information content (AvgIpc) is 2.73. The summed E-state index contributed by atoms with van der Waals surface area (Å²) in [6.45, 7) is 3.29. The van der Waals surface area contributed by atoms with Crippen LogP contribution in [0.2, 0.25) is 0 Å². The molecular formula is C20H29NO4S. The fraction of sp³-hybridized carbons (Fsp3) is 0.400. The molecule has 6 heteroatoms. The third kappa shape index (κ3) is 7.15. The third-order valence-corrected chi connectivity index (χ3v) is 5.36. The Kier molecular flexibility index (Phi) is 8.78. The molecule has 0 bridgehead atoms. The maximum Gasteiger partial charge on any atom is 0.175 e. The van der Waals surface area contributed by atoms with E-state index in [4.69, 9.17) is 10.8 Å². The van der Waals surface area contributed by atoms with Crippen LogP contribution in [0.3, 0.4) is 0 Å². The molecule has 0 saturated carbocycles. The highest BCUT2D eigenvalue weighted by Gasteiger charge is 2.19. The van der Waals surface area contributed by atoms with Crippen LogP contribution in [0.15, 0.2) is 59.2 Å². The van der Waals surface area contributed by atoms with Crippen molar-refractivity contribution in [1.82, 2.24) is 0 Å². The van der Waals surface area contributed by atoms with Crippen LogP contribution in [0.4, 0.5) is 0 Å². The van der Waals surface area contributed by atoms with E-state index in [1.54, 1.807) is 13.8 Å². The lowest BCUT2D eigenvalue weighted by Crippen LogP contribution is -2.21. The van der Waals surface area contributed by atoms with Crippen molar-refractivity contribution in [3.05, 3.63) is 70.4 Å². The Morgan fingerprint density at radius 3 is 2.38 bits per heavy atom. The number of hydrogen-bond donors (Lipinski definition) is 3. The summed E-state index contributed by atoms with van der Waals surface area (Å²) in [5, 5.41) is 18.8. The lowest BCUT2D eigenvalue weighted by Gasteiger charge is -2.10. The maximum atomic E-state index is 11.0. The zero-order valence-electron chi connectivity index (χ0n) is 15.6. The number of aliphatic hydroxyl groups excluding tert-OH is 2. The Bertz CT molecular complexity index is 779. The predicted molar refractivity (Wildman–Crippen MR) is 106 cm³/mol. The summed E-state index contributed by atoms with van der Waals surface area (Å²) >= 11 is 0. The predicted octanol–water partition coefficient (Wildman–Crippen LogP) is 3.34.